The van der Waals surface area contributed by atoms with Crippen LogP contribution >= 0.6 is 11.8 Å². The number of carbonyl (C=O) groups excluding carboxylic acids is 1. The van der Waals surface area contributed by atoms with Crippen LogP contribution in [0.5, 0.6) is 0 Å². The summed E-state index contributed by atoms with van der Waals surface area (Å²) in [4.78, 5) is 24.4. The molecule has 5 aliphatic rings. The summed E-state index contributed by atoms with van der Waals surface area (Å²) in [6.07, 6.45) is 6.37. The second-order valence-corrected chi connectivity index (χ2v) is 14.3. The van der Waals surface area contributed by atoms with Gasteiger partial charge in [-0.3, -0.25) is 9.59 Å². The Morgan fingerprint density at radius 2 is 1.83 bits per heavy atom. The maximum Gasteiger partial charge on any atom is 0.290 e. The lowest BCUT2D eigenvalue weighted by atomic mass is 9.85. The molecule has 6 N–H and O–H groups in total. The van der Waals surface area contributed by atoms with Gasteiger partial charge in [0.05, 0.1) is 12.1 Å². The van der Waals surface area contributed by atoms with E-state index in [-0.39, 0.29) is 23.7 Å². The molecule has 5 rings (SSSR count). The molecule has 0 aromatic rings. The maximum absolute atomic E-state index is 13.6. The van der Waals surface area contributed by atoms with Gasteiger partial charge < -0.3 is 45.4 Å². The zero-order chi connectivity index (χ0) is 30.2. The molecule has 11 atom stereocenters. The second-order valence-electron chi connectivity index (χ2n) is 12.9. The number of ether oxygens (including phenoxy) is 2. The third-order valence-electron chi connectivity index (χ3n) is 9.23. The van der Waals surface area contributed by atoms with Crippen molar-refractivity contribution >= 4 is 24.1 Å². The van der Waals surface area contributed by atoms with Gasteiger partial charge in [0.15, 0.2) is 0 Å². The van der Waals surface area contributed by atoms with Gasteiger partial charge >= 0.3 is 0 Å². The number of carboxylic acid groups (broad SMARTS) is 1. The molecule has 0 saturated carbocycles. The van der Waals surface area contributed by atoms with E-state index in [0.717, 1.165) is 45.4 Å². The van der Waals surface area contributed by atoms with E-state index in [1.807, 2.05) is 0 Å². The van der Waals surface area contributed by atoms with Crippen LogP contribution < -0.4 is 10.6 Å². The molecule has 0 unspecified atom stereocenters. The summed E-state index contributed by atoms with van der Waals surface area (Å²) < 4.78 is 12.5. The number of aliphatic hydroxyl groups is 3. The third-order valence-corrected chi connectivity index (χ3v) is 10.6. The van der Waals surface area contributed by atoms with Gasteiger partial charge in [0, 0.05) is 24.9 Å². The van der Waals surface area contributed by atoms with Crippen molar-refractivity contribution in [1.29, 1.82) is 0 Å². The fourth-order valence-corrected chi connectivity index (χ4v) is 8.66. The first-order valence-electron chi connectivity index (χ1n) is 15.7. The van der Waals surface area contributed by atoms with Gasteiger partial charge in [-0.1, -0.05) is 26.0 Å². The van der Waals surface area contributed by atoms with Crippen LogP contribution in [-0.4, -0.2) is 124 Å². The van der Waals surface area contributed by atoms with Crippen molar-refractivity contribution in [1.82, 2.24) is 15.5 Å². The number of fused-ring (bicyclic) bond motifs is 3. The Morgan fingerprint density at radius 3 is 2.55 bits per heavy atom. The van der Waals surface area contributed by atoms with Gasteiger partial charge in [-0.15, -0.1) is 11.8 Å². The quantitative estimate of drug-likeness (QED) is 0.187. The first-order chi connectivity index (χ1) is 20.2. The number of nitrogens with one attached hydrogen (secondary N) is 2. The minimum atomic E-state index is -1.34. The van der Waals surface area contributed by atoms with Gasteiger partial charge in [0.25, 0.3) is 6.47 Å². The van der Waals surface area contributed by atoms with Crippen molar-refractivity contribution in [3.8, 4) is 0 Å². The number of thioether (sulfide) groups is 1. The maximum atomic E-state index is 13.6. The Labute approximate surface area is 253 Å². The van der Waals surface area contributed by atoms with Crippen molar-refractivity contribution in [2.75, 3.05) is 32.8 Å². The van der Waals surface area contributed by atoms with Gasteiger partial charge in [0.1, 0.15) is 35.9 Å². The smallest absolute Gasteiger partial charge is 0.290 e. The van der Waals surface area contributed by atoms with Crippen LogP contribution in [0.1, 0.15) is 58.8 Å². The Bertz CT molecular complexity index is 891. The van der Waals surface area contributed by atoms with E-state index in [2.05, 4.69) is 41.5 Å². The average molecular weight is 614 g/mol. The average Bonchev–Trinajstić information content (AvgIpc) is 3.56. The minimum absolute atomic E-state index is 0.159. The normalized spacial score (nSPS) is 41.6. The van der Waals surface area contributed by atoms with E-state index in [4.69, 9.17) is 19.4 Å². The topological polar surface area (TPSA) is 161 Å². The first-order valence-corrected chi connectivity index (χ1v) is 16.6. The highest BCUT2D eigenvalue weighted by Crippen LogP contribution is 2.36. The number of hydrogen-bond acceptors (Lipinski definition) is 10. The largest absolute Gasteiger partial charge is 0.483 e. The van der Waals surface area contributed by atoms with Crippen LogP contribution in [0.25, 0.3) is 0 Å². The Hall–Kier alpha value is -1.25. The van der Waals surface area contributed by atoms with Crippen LogP contribution in [0, 0.1) is 17.8 Å². The van der Waals surface area contributed by atoms with Gasteiger partial charge in [-0.25, -0.2) is 0 Å². The summed E-state index contributed by atoms with van der Waals surface area (Å²) >= 11 is 1.53. The van der Waals surface area contributed by atoms with E-state index < -0.39 is 41.9 Å². The molecular formula is C30H51N3O8S. The van der Waals surface area contributed by atoms with Crippen molar-refractivity contribution in [2.24, 2.45) is 17.8 Å². The fraction of sp³-hybridized carbons (Fsp3) is 0.867. The van der Waals surface area contributed by atoms with Crippen LogP contribution in [0.3, 0.4) is 0 Å². The highest BCUT2D eigenvalue weighted by Gasteiger charge is 2.49. The molecule has 0 spiro atoms. The number of carbonyl (C=O) groups is 2. The number of aliphatic hydroxyl groups excluding tert-OH is 3. The first kappa shape index (κ1) is 33.6. The molecule has 1 amide bonds. The molecule has 5 aliphatic heterocycles. The summed E-state index contributed by atoms with van der Waals surface area (Å²) in [5, 5.41) is 46.1. The van der Waals surface area contributed by atoms with E-state index in [1.165, 1.54) is 31.0 Å². The lowest BCUT2D eigenvalue weighted by molar-refractivity contribution is -0.205. The molecule has 42 heavy (non-hydrogen) atoms. The van der Waals surface area contributed by atoms with Gasteiger partial charge in [-0.05, 0) is 75.8 Å². The molecule has 0 aromatic heterocycles. The zero-order valence-corrected chi connectivity index (χ0v) is 25.7. The zero-order valence-electron chi connectivity index (χ0n) is 24.9. The monoisotopic (exact) mass is 613 g/mol. The molecule has 11 nitrogen and oxygen atoms in total. The molecule has 4 saturated heterocycles. The highest BCUT2D eigenvalue weighted by atomic mass is 32.2. The number of rotatable bonds is 6. The molecule has 4 fully saturated rings. The molecule has 0 aliphatic carbocycles. The minimum Gasteiger partial charge on any atom is -0.483 e. The van der Waals surface area contributed by atoms with Crippen molar-refractivity contribution in [3.05, 3.63) is 12.2 Å². The molecule has 0 radical (unpaired) electrons. The number of nitrogens with zero attached hydrogens (tertiary/aromatic N) is 1. The van der Waals surface area contributed by atoms with Crippen molar-refractivity contribution in [2.45, 2.75) is 112 Å². The molecule has 2 bridgehead atoms. The molecule has 12 heteroatoms. The summed E-state index contributed by atoms with van der Waals surface area (Å²) in [5.74, 6) is 1.41. The number of amides is 1. The summed E-state index contributed by atoms with van der Waals surface area (Å²) in [5.41, 5.74) is -0.677. The summed E-state index contributed by atoms with van der Waals surface area (Å²) in [6.45, 7) is 8.77. The van der Waals surface area contributed by atoms with Crippen molar-refractivity contribution in [3.63, 3.8) is 0 Å². The number of allylic oxidation sites excluding steroid dienone is 1. The Balaban J connectivity index is 0.00000129. The Morgan fingerprint density at radius 1 is 1.12 bits per heavy atom. The van der Waals surface area contributed by atoms with E-state index in [0.29, 0.717) is 30.8 Å². The lowest BCUT2D eigenvalue weighted by Gasteiger charge is -2.44. The predicted octanol–water partition coefficient (Wildman–Crippen LogP) is 0.957. The third kappa shape index (κ3) is 8.68. The van der Waals surface area contributed by atoms with Crippen molar-refractivity contribution < 1.29 is 39.5 Å². The molecule has 5 heterocycles. The second kappa shape index (κ2) is 16.2. The van der Waals surface area contributed by atoms with Gasteiger partial charge in [-0.2, -0.15) is 0 Å². The van der Waals surface area contributed by atoms with E-state index >= 15 is 0 Å². The SMILES string of the molecule is CC(C)C[C@@H]1CCO[C@@H]2[C@H](CN[C@@H]2C(=O)N[C@@H]2C/C=C\C[C@@H](CN3CCCC3)S[C@H]3O[C@H]2[C@H](O)[C@H](O)[C@H]3O)C1.O=CO. The molecule has 0 aromatic carbocycles. The van der Waals surface area contributed by atoms with Gasteiger partial charge in [0.2, 0.25) is 5.91 Å². The van der Waals surface area contributed by atoms with Crippen LogP contribution in [0.4, 0.5) is 0 Å². The summed E-state index contributed by atoms with van der Waals surface area (Å²) in [7, 11) is 0. The molecular weight excluding hydrogens is 562 g/mol. The number of likely N-dealkylation sites (tertiary alicyclic amines) is 1. The number of hydrogen-bond donors (Lipinski definition) is 6. The van der Waals surface area contributed by atoms with Crippen LogP contribution in [0.15, 0.2) is 12.2 Å². The lowest BCUT2D eigenvalue weighted by Crippen LogP contribution is -2.64. The van der Waals surface area contributed by atoms with Crippen LogP contribution in [0.2, 0.25) is 0 Å². The standard InChI is InChI=1S/C29H49N3O6S.CH2O2/c1-17(2)13-18-9-12-37-26-19(14-18)15-30-22(26)28(36)31-21-8-4-3-7-20(16-32-10-5-6-11-32)39-29-25(35)23(33)24(34)27(21)38-29;2-1-3/h3-4,17-27,29-30,33-35H,5-16H2,1-2H3,(H,31,36);1H,(H,2,3)/b4-3-;/t18-,19-,20-,21+,22-,23-,24+,25+,26+,27+,29+;/m0./s1. The predicted molar refractivity (Wildman–Crippen MR) is 160 cm³/mol. The Kier molecular flexibility index (Phi) is 13.0. The van der Waals surface area contributed by atoms with E-state index in [1.54, 1.807) is 0 Å². The fourth-order valence-electron chi connectivity index (χ4n) is 7.25. The molecule has 240 valence electrons. The summed E-state index contributed by atoms with van der Waals surface area (Å²) in [6, 6.07) is -0.997. The van der Waals surface area contributed by atoms with E-state index in [9.17, 15) is 20.1 Å². The van der Waals surface area contributed by atoms with Crippen LogP contribution in [-0.2, 0) is 19.1 Å². The highest BCUT2D eigenvalue weighted by molar-refractivity contribution is 8.00.